The quantitative estimate of drug-likeness (QED) is 0.733. The summed E-state index contributed by atoms with van der Waals surface area (Å²) in [7, 11) is 0. The summed E-state index contributed by atoms with van der Waals surface area (Å²) >= 11 is 0. The predicted octanol–water partition coefficient (Wildman–Crippen LogP) is 1.61. The largest absolute Gasteiger partial charge is 0.351 e. The van der Waals surface area contributed by atoms with E-state index in [-0.39, 0.29) is 5.91 Å². The van der Waals surface area contributed by atoms with Gasteiger partial charge in [-0.25, -0.2) is 4.68 Å². The maximum absolute atomic E-state index is 12.3. The molecule has 26 heavy (non-hydrogen) atoms. The Balaban J connectivity index is 1.23. The van der Waals surface area contributed by atoms with Crippen LogP contribution in [-0.2, 0) is 6.54 Å². The van der Waals surface area contributed by atoms with Gasteiger partial charge in [0.15, 0.2) is 5.69 Å². The molecule has 140 valence electrons. The molecule has 0 spiro atoms. The van der Waals surface area contributed by atoms with E-state index in [1.807, 2.05) is 10.9 Å². The van der Waals surface area contributed by atoms with Gasteiger partial charge in [0.1, 0.15) is 0 Å². The molecule has 0 aliphatic heterocycles. The van der Waals surface area contributed by atoms with E-state index in [9.17, 15) is 4.79 Å². The van der Waals surface area contributed by atoms with Gasteiger partial charge in [-0.3, -0.25) is 9.48 Å². The third kappa shape index (κ3) is 3.95. The Hall–Kier alpha value is -2.22. The minimum Gasteiger partial charge on any atom is -0.351 e. The zero-order chi connectivity index (χ0) is 17.9. The molecule has 2 fully saturated rings. The van der Waals surface area contributed by atoms with Crippen LogP contribution in [0.3, 0.4) is 0 Å². The molecule has 2 aromatic heterocycles. The number of amides is 1. The minimum atomic E-state index is -0.161. The first kappa shape index (κ1) is 17.2. The summed E-state index contributed by atoms with van der Waals surface area (Å²) in [6.07, 6.45) is 11.0. The van der Waals surface area contributed by atoms with Gasteiger partial charge >= 0.3 is 0 Å². The molecule has 2 aromatic rings. The third-order valence-corrected chi connectivity index (χ3v) is 5.44. The highest BCUT2D eigenvalue weighted by molar-refractivity contribution is 5.91. The number of rotatable bonds is 7. The summed E-state index contributed by atoms with van der Waals surface area (Å²) in [5.41, 5.74) is 7.66. The van der Waals surface area contributed by atoms with E-state index in [2.05, 4.69) is 31.5 Å². The van der Waals surface area contributed by atoms with Crippen molar-refractivity contribution in [3.05, 3.63) is 29.8 Å². The third-order valence-electron chi connectivity index (χ3n) is 5.44. The van der Waals surface area contributed by atoms with Gasteiger partial charge in [-0.1, -0.05) is 5.21 Å². The molecule has 0 radical (unpaired) electrons. The maximum atomic E-state index is 12.3. The van der Waals surface area contributed by atoms with E-state index < -0.39 is 0 Å². The van der Waals surface area contributed by atoms with E-state index in [0.29, 0.717) is 30.2 Å². The first-order valence-corrected chi connectivity index (χ1v) is 9.68. The van der Waals surface area contributed by atoms with Gasteiger partial charge < -0.3 is 11.1 Å². The zero-order valence-corrected chi connectivity index (χ0v) is 15.0. The average molecular weight is 357 g/mol. The van der Waals surface area contributed by atoms with E-state index in [1.165, 1.54) is 18.5 Å². The van der Waals surface area contributed by atoms with Gasteiger partial charge in [0.25, 0.3) is 5.91 Å². The van der Waals surface area contributed by atoms with Crippen LogP contribution < -0.4 is 11.1 Å². The summed E-state index contributed by atoms with van der Waals surface area (Å²) in [6, 6.07) is 2.71. The molecule has 2 heterocycles. The number of nitrogens with two attached hydrogens (primary N) is 1. The van der Waals surface area contributed by atoms with Gasteiger partial charge in [0.05, 0.1) is 12.2 Å². The second kappa shape index (κ2) is 7.57. The number of hydrogen-bond acceptors (Lipinski definition) is 5. The van der Waals surface area contributed by atoms with Crippen molar-refractivity contribution in [1.29, 1.82) is 0 Å². The first-order chi connectivity index (χ1) is 12.7. The van der Waals surface area contributed by atoms with E-state index in [1.54, 1.807) is 6.20 Å². The Morgan fingerprint density at radius 1 is 1.23 bits per heavy atom. The lowest BCUT2D eigenvalue weighted by Gasteiger charge is -2.25. The Morgan fingerprint density at radius 3 is 2.81 bits per heavy atom. The summed E-state index contributed by atoms with van der Waals surface area (Å²) in [4.78, 5) is 12.3. The molecular weight excluding hydrogens is 330 g/mol. The topological polar surface area (TPSA) is 104 Å². The number of nitrogens with zero attached hydrogens (tertiary/aromatic N) is 5. The van der Waals surface area contributed by atoms with Gasteiger partial charge in [0, 0.05) is 36.9 Å². The van der Waals surface area contributed by atoms with Crippen molar-refractivity contribution in [1.82, 2.24) is 30.1 Å². The standard InChI is InChI=1S/C18H27N7O/c19-14-4-6-15(7-5-14)25-12-16(22-23-25)18(26)20-9-1-11-24-17(8-10-21-24)13-2-3-13/h8,10,12-15H,1-7,9,11,19H2,(H,20,26). The molecule has 1 amide bonds. The van der Waals surface area contributed by atoms with Crippen LogP contribution in [0.25, 0.3) is 0 Å². The van der Waals surface area contributed by atoms with Crippen LogP contribution in [0.5, 0.6) is 0 Å². The van der Waals surface area contributed by atoms with Gasteiger partial charge in [-0.15, -0.1) is 5.10 Å². The fraction of sp³-hybridized carbons (Fsp3) is 0.667. The lowest BCUT2D eigenvalue weighted by molar-refractivity contribution is 0.0947. The van der Waals surface area contributed by atoms with Gasteiger partial charge in [0.2, 0.25) is 0 Å². The van der Waals surface area contributed by atoms with Crippen LogP contribution in [0.15, 0.2) is 18.5 Å². The smallest absolute Gasteiger partial charge is 0.273 e. The highest BCUT2D eigenvalue weighted by atomic mass is 16.2. The number of aryl methyl sites for hydroxylation is 1. The van der Waals surface area contributed by atoms with Crippen molar-refractivity contribution in [3.8, 4) is 0 Å². The van der Waals surface area contributed by atoms with Gasteiger partial charge in [-0.2, -0.15) is 5.10 Å². The van der Waals surface area contributed by atoms with Crippen LogP contribution in [0.4, 0.5) is 0 Å². The molecule has 4 rings (SSSR count). The highest BCUT2D eigenvalue weighted by Gasteiger charge is 2.26. The highest BCUT2D eigenvalue weighted by Crippen LogP contribution is 2.39. The fourth-order valence-electron chi connectivity index (χ4n) is 3.70. The molecule has 0 atom stereocenters. The number of aromatic nitrogens is 5. The number of nitrogens with one attached hydrogen (secondary N) is 1. The summed E-state index contributed by atoms with van der Waals surface area (Å²) in [5.74, 6) is 0.531. The zero-order valence-electron chi connectivity index (χ0n) is 15.0. The van der Waals surface area contributed by atoms with Crippen molar-refractivity contribution < 1.29 is 4.79 Å². The molecule has 2 aliphatic rings. The maximum Gasteiger partial charge on any atom is 0.273 e. The Morgan fingerprint density at radius 2 is 2.04 bits per heavy atom. The van der Waals surface area contributed by atoms with Crippen molar-refractivity contribution in [2.45, 2.75) is 69.5 Å². The fourth-order valence-corrected chi connectivity index (χ4v) is 3.70. The summed E-state index contributed by atoms with van der Waals surface area (Å²) < 4.78 is 3.89. The van der Waals surface area contributed by atoms with Crippen molar-refractivity contribution >= 4 is 5.91 Å². The lowest BCUT2D eigenvalue weighted by Crippen LogP contribution is -2.28. The van der Waals surface area contributed by atoms with Crippen LogP contribution >= 0.6 is 0 Å². The van der Waals surface area contributed by atoms with E-state index >= 15 is 0 Å². The normalized spacial score (nSPS) is 23.1. The molecule has 3 N–H and O–H groups in total. The monoisotopic (exact) mass is 357 g/mol. The van der Waals surface area contributed by atoms with Crippen molar-refractivity contribution in [2.24, 2.45) is 5.73 Å². The SMILES string of the molecule is NC1CCC(n2cc(C(=O)NCCCn3nccc3C3CC3)nn2)CC1. The molecule has 2 aliphatic carbocycles. The molecule has 8 heteroatoms. The summed E-state index contributed by atoms with van der Waals surface area (Å²) in [5, 5.41) is 15.5. The molecule has 0 aromatic carbocycles. The summed E-state index contributed by atoms with van der Waals surface area (Å²) in [6.45, 7) is 1.43. The number of carbonyl (C=O) groups excluding carboxylic acids is 1. The van der Waals surface area contributed by atoms with Crippen LogP contribution in [0, 0.1) is 0 Å². The molecular formula is C18H27N7O. The first-order valence-electron chi connectivity index (χ1n) is 9.68. The molecule has 0 unspecified atom stereocenters. The average Bonchev–Trinajstić information content (AvgIpc) is 3.18. The van der Waals surface area contributed by atoms with Gasteiger partial charge in [-0.05, 0) is 51.0 Å². The van der Waals surface area contributed by atoms with Crippen LogP contribution in [0.2, 0.25) is 0 Å². The Labute approximate surface area is 153 Å². The molecule has 0 saturated heterocycles. The molecule has 0 bridgehead atoms. The van der Waals surface area contributed by atoms with E-state index in [0.717, 1.165) is 38.6 Å². The predicted molar refractivity (Wildman–Crippen MR) is 96.7 cm³/mol. The van der Waals surface area contributed by atoms with E-state index in [4.69, 9.17) is 5.73 Å². The van der Waals surface area contributed by atoms with Crippen molar-refractivity contribution in [3.63, 3.8) is 0 Å². The lowest BCUT2D eigenvalue weighted by atomic mass is 9.92. The number of hydrogen-bond donors (Lipinski definition) is 2. The Kier molecular flexibility index (Phi) is 5.01. The van der Waals surface area contributed by atoms with Crippen LogP contribution in [-0.4, -0.2) is 43.3 Å². The second-order valence-electron chi connectivity index (χ2n) is 7.52. The molecule has 8 nitrogen and oxygen atoms in total. The molecule has 2 saturated carbocycles. The number of carbonyl (C=O) groups is 1. The van der Waals surface area contributed by atoms with Crippen molar-refractivity contribution in [2.75, 3.05) is 6.54 Å². The van der Waals surface area contributed by atoms with Crippen LogP contribution in [0.1, 0.15) is 73.1 Å². The Bertz CT molecular complexity index is 740. The second-order valence-corrected chi connectivity index (χ2v) is 7.52. The minimum absolute atomic E-state index is 0.161.